The van der Waals surface area contributed by atoms with E-state index in [2.05, 4.69) is 40.7 Å². The quantitative estimate of drug-likeness (QED) is 0.497. The fraction of sp³-hybridized carbons (Fsp3) is 0.742. The number of Topliss-reactive ketones (excluding diaryl/α,β-unsaturated/α-hetero) is 1. The van der Waals surface area contributed by atoms with Crippen LogP contribution in [0.15, 0.2) is 23.3 Å². The molecule has 200 valence electrons. The Hall–Kier alpha value is -2.26. The molecule has 2 N–H and O–H groups in total. The molecule has 0 amide bonds. The first-order valence-corrected chi connectivity index (χ1v) is 13.9. The summed E-state index contributed by atoms with van der Waals surface area (Å²) < 4.78 is 5.39. The smallest absolute Gasteiger partial charge is 0.312 e. The molecule has 5 aliphatic carbocycles. The molecule has 3 fully saturated rings. The Bertz CT molecular complexity index is 1200. The normalized spacial score (nSPS) is 48.2. The van der Waals surface area contributed by atoms with Crippen LogP contribution in [0.5, 0.6) is 0 Å². The van der Waals surface area contributed by atoms with Crippen LogP contribution in [0.2, 0.25) is 0 Å². The molecule has 37 heavy (non-hydrogen) atoms. The lowest BCUT2D eigenvalue weighted by atomic mass is 9.34. The summed E-state index contributed by atoms with van der Waals surface area (Å²) in [5.41, 5.74) is 4.69. The molecule has 6 nitrogen and oxygen atoms in total. The number of ketones is 2. The van der Waals surface area contributed by atoms with E-state index in [0.717, 1.165) is 50.5 Å². The second-order valence-corrected chi connectivity index (χ2v) is 14.5. The first-order chi connectivity index (χ1) is 17.0. The first-order valence-electron chi connectivity index (χ1n) is 13.9. The van der Waals surface area contributed by atoms with Crippen LogP contribution in [0.1, 0.15) is 86.5 Å². The van der Waals surface area contributed by atoms with E-state index < -0.39 is 16.4 Å². The molecule has 3 saturated carbocycles. The highest BCUT2D eigenvalue weighted by Crippen LogP contribution is 2.74. The number of methoxy groups -OCH3 is 1. The summed E-state index contributed by atoms with van der Waals surface area (Å²) in [5.74, 6) is -0.934. The van der Waals surface area contributed by atoms with Crippen molar-refractivity contribution in [2.75, 3.05) is 7.11 Å². The third-order valence-corrected chi connectivity index (χ3v) is 12.2. The topological polar surface area (TPSA) is 110 Å². The van der Waals surface area contributed by atoms with Gasteiger partial charge in [-0.25, -0.2) is 0 Å². The maximum atomic E-state index is 14.3. The van der Waals surface area contributed by atoms with Gasteiger partial charge < -0.3 is 10.5 Å². The number of ether oxygens (including phenoxy) is 1. The number of carbonyl (C=O) groups is 3. The molecule has 8 atom stereocenters. The fourth-order valence-corrected chi connectivity index (χ4v) is 9.95. The predicted molar refractivity (Wildman–Crippen MR) is 140 cm³/mol. The number of hydrogen-bond acceptors (Lipinski definition) is 6. The highest BCUT2D eigenvalue weighted by atomic mass is 16.5. The van der Waals surface area contributed by atoms with Gasteiger partial charge in [0.05, 0.1) is 23.6 Å². The Morgan fingerprint density at radius 3 is 2.32 bits per heavy atom. The van der Waals surface area contributed by atoms with Gasteiger partial charge in [0.2, 0.25) is 0 Å². The molecule has 0 aromatic heterocycles. The fourth-order valence-electron chi connectivity index (χ4n) is 9.95. The number of rotatable bonds is 1. The van der Waals surface area contributed by atoms with Gasteiger partial charge in [0.25, 0.3) is 0 Å². The van der Waals surface area contributed by atoms with Crippen molar-refractivity contribution in [3.05, 3.63) is 23.3 Å². The average Bonchev–Trinajstić information content (AvgIpc) is 2.82. The Morgan fingerprint density at radius 2 is 1.70 bits per heavy atom. The minimum atomic E-state index is -1.17. The van der Waals surface area contributed by atoms with E-state index >= 15 is 0 Å². The summed E-state index contributed by atoms with van der Waals surface area (Å²) in [5, 5.41) is 9.81. The van der Waals surface area contributed by atoms with Crippen molar-refractivity contribution >= 4 is 17.5 Å². The minimum absolute atomic E-state index is 0.0464. The van der Waals surface area contributed by atoms with Gasteiger partial charge in [0, 0.05) is 11.3 Å². The third kappa shape index (κ3) is 3.10. The maximum Gasteiger partial charge on any atom is 0.312 e. The van der Waals surface area contributed by atoms with Crippen LogP contribution < -0.4 is 5.73 Å². The van der Waals surface area contributed by atoms with E-state index in [4.69, 9.17) is 10.5 Å². The monoisotopic (exact) mass is 506 g/mol. The number of esters is 1. The van der Waals surface area contributed by atoms with Crippen molar-refractivity contribution in [2.24, 2.45) is 50.6 Å². The molecule has 0 aliphatic heterocycles. The van der Waals surface area contributed by atoms with Gasteiger partial charge in [-0.15, -0.1) is 0 Å². The van der Waals surface area contributed by atoms with Crippen LogP contribution in [0.4, 0.5) is 0 Å². The molecule has 0 bridgehead atoms. The Labute approximate surface area is 221 Å². The van der Waals surface area contributed by atoms with Crippen LogP contribution in [-0.2, 0) is 19.1 Å². The van der Waals surface area contributed by atoms with E-state index in [9.17, 15) is 19.6 Å². The van der Waals surface area contributed by atoms with Crippen molar-refractivity contribution < 1.29 is 19.1 Å². The number of hydrogen-bond donors (Lipinski definition) is 1. The summed E-state index contributed by atoms with van der Waals surface area (Å²) in [4.78, 5) is 40.8. The van der Waals surface area contributed by atoms with E-state index in [1.807, 2.05) is 6.08 Å². The molecular formula is C31H42N2O4. The predicted octanol–water partition coefficient (Wildman–Crippen LogP) is 5.07. The maximum absolute atomic E-state index is 14.3. The highest BCUT2D eigenvalue weighted by molar-refractivity contribution is 6.07. The number of carbonyl (C=O) groups excluding carboxylic acids is 3. The van der Waals surface area contributed by atoms with E-state index in [1.54, 1.807) is 13.0 Å². The van der Waals surface area contributed by atoms with E-state index in [0.29, 0.717) is 0 Å². The first kappa shape index (κ1) is 26.4. The summed E-state index contributed by atoms with van der Waals surface area (Å²) in [6.45, 7) is 12.9. The van der Waals surface area contributed by atoms with Gasteiger partial charge in [0.15, 0.2) is 11.6 Å². The Kier molecular flexibility index (Phi) is 5.45. The second kappa shape index (κ2) is 7.65. The van der Waals surface area contributed by atoms with Gasteiger partial charge in [-0.3, -0.25) is 14.4 Å². The molecule has 0 heterocycles. The highest BCUT2D eigenvalue weighted by Gasteiger charge is 2.71. The van der Waals surface area contributed by atoms with E-state index in [-0.39, 0.29) is 57.1 Å². The SMILES string of the molecule is COC(=O)[C@]12CCC(C)(C)CC1C1C(=O)C=C3[C@@]4(C)C=C(C#N)C(=O)[C@@](C)(N)[C@@H]4CC[C@@]3(C)[C@]1(C)CC2. The molecule has 6 heteroatoms. The van der Waals surface area contributed by atoms with Crippen LogP contribution in [0.25, 0.3) is 0 Å². The van der Waals surface area contributed by atoms with Crippen LogP contribution >= 0.6 is 0 Å². The number of fused-ring (bicyclic) bond motifs is 7. The number of nitriles is 1. The van der Waals surface area contributed by atoms with Crippen molar-refractivity contribution in [3.63, 3.8) is 0 Å². The van der Waals surface area contributed by atoms with Gasteiger partial charge in [-0.2, -0.15) is 5.26 Å². The number of nitrogens with zero attached hydrogens (tertiary/aromatic N) is 1. The zero-order valence-electron chi connectivity index (χ0n) is 23.5. The molecule has 0 radical (unpaired) electrons. The summed E-state index contributed by atoms with van der Waals surface area (Å²) in [6, 6.07) is 2.09. The summed E-state index contributed by atoms with van der Waals surface area (Å²) >= 11 is 0. The largest absolute Gasteiger partial charge is 0.469 e. The lowest BCUT2D eigenvalue weighted by molar-refractivity contribution is -0.190. The van der Waals surface area contributed by atoms with Gasteiger partial charge in [-0.05, 0) is 86.0 Å². The lowest BCUT2D eigenvalue weighted by Gasteiger charge is -2.68. The zero-order chi connectivity index (χ0) is 27.4. The molecule has 0 saturated heterocycles. The van der Waals surface area contributed by atoms with E-state index in [1.165, 1.54) is 7.11 Å². The van der Waals surface area contributed by atoms with Crippen LogP contribution in [-0.4, -0.2) is 30.2 Å². The Morgan fingerprint density at radius 1 is 1.05 bits per heavy atom. The summed E-state index contributed by atoms with van der Waals surface area (Å²) in [6.07, 6.45) is 9.20. The third-order valence-electron chi connectivity index (χ3n) is 12.2. The molecule has 0 aromatic carbocycles. The molecular weight excluding hydrogens is 464 g/mol. The molecule has 0 spiro atoms. The summed E-state index contributed by atoms with van der Waals surface area (Å²) in [7, 11) is 1.47. The van der Waals surface area contributed by atoms with Crippen molar-refractivity contribution in [1.82, 2.24) is 0 Å². The lowest BCUT2D eigenvalue weighted by Crippen LogP contribution is -2.68. The van der Waals surface area contributed by atoms with Crippen molar-refractivity contribution in [1.29, 1.82) is 5.26 Å². The molecule has 5 rings (SSSR count). The standard InChI is InChI=1S/C31H42N2O4/c1-26(2)10-12-31(25(36)37-7)13-11-29(5)23(19(31)16-26)20(34)14-22-27(3)15-18(17-32)24(35)30(6,33)21(27)8-9-28(22,29)4/h14-15,19,21,23H,8-13,16,33H2,1-7H3/t19?,21-,23?,27+,28-,29-,30+,31+/m1/s1. The van der Waals surface area contributed by atoms with Gasteiger partial charge in [0.1, 0.15) is 6.07 Å². The van der Waals surface area contributed by atoms with Gasteiger partial charge in [-0.1, -0.05) is 46.3 Å². The Balaban J connectivity index is 1.71. The number of nitrogens with two attached hydrogens (primary N) is 1. The zero-order valence-corrected chi connectivity index (χ0v) is 23.5. The van der Waals surface area contributed by atoms with Crippen LogP contribution in [0, 0.1) is 56.2 Å². The van der Waals surface area contributed by atoms with Crippen LogP contribution in [0.3, 0.4) is 0 Å². The molecule has 0 aromatic rings. The minimum Gasteiger partial charge on any atom is -0.469 e. The molecule has 5 aliphatic rings. The van der Waals surface area contributed by atoms with Crippen molar-refractivity contribution in [2.45, 2.75) is 92.0 Å². The van der Waals surface area contributed by atoms with Crippen molar-refractivity contribution in [3.8, 4) is 6.07 Å². The second-order valence-electron chi connectivity index (χ2n) is 14.5. The average molecular weight is 507 g/mol. The molecule has 2 unspecified atom stereocenters. The van der Waals surface area contributed by atoms with Gasteiger partial charge >= 0.3 is 5.97 Å². The number of allylic oxidation sites excluding steroid dienone is 3.